The monoisotopic (exact) mass is 494 g/mol. The molecule has 8 heteroatoms. The van der Waals surface area contributed by atoms with E-state index in [1.165, 1.54) is 30.3 Å². The van der Waals surface area contributed by atoms with Gasteiger partial charge in [0.1, 0.15) is 34.7 Å². The molecule has 3 aromatic carbocycles. The number of nitrogens with zero attached hydrogens (tertiary/aromatic N) is 1. The van der Waals surface area contributed by atoms with E-state index >= 15 is 0 Å². The van der Waals surface area contributed by atoms with E-state index in [9.17, 15) is 14.4 Å². The second kappa shape index (κ2) is 9.12. The second-order valence-corrected chi connectivity index (χ2v) is 7.81. The smallest absolute Gasteiger partial charge is 0.349 e. The zero-order valence-corrected chi connectivity index (χ0v) is 18.1. The van der Waals surface area contributed by atoms with Crippen LogP contribution in [0.4, 0.5) is 4.39 Å². The molecule has 1 unspecified atom stereocenters. The third kappa shape index (κ3) is 4.58. The van der Waals surface area contributed by atoms with Crippen LogP contribution in [0.25, 0.3) is 0 Å². The van der Waals surface area contributed by atoms with Crippen molar-refractivity contribution in [2.45, 2.75) is 5.92 Å². The number of allylic oxidation sites excluding steroid dienone is 1. The molecule has 0 amide bonds. The lowest BCUT2D eigenvalue weighted by Gasteiger charge is -2.26. The number of nitrogens with two attached hydrogens (primary N) is 1. The van der Waals surface area contributed by atoms with Gasteiger partial charge in [0, 0.05) is 16.1 Å². The number of ether oxygens (including phenoxy) is 3. The Morgan fingerprint density at radius 2 is 1.78 bits per heavy atom. The van der Waals surface area contributed by atoms with Gasteiger partial charge < -0.3 is 19.9 Å². The maximum absolute atomic E-state index is 12.9. The number of hydrogen-bond donors (Lipinski definition) is 1. The Morgan fingerprint density at radius 3 is 2.47 bits per heavy atom. The highest BCUT2D eigenvalue weighted by molar-refractivity contribution is 9.10. The summed E-state index contributed by atoms with van der Waals surface area (Å²) in [5.41, 5.74) is 7.90. The number of hydrogen-bond acceptors (Lipinski definition) is 6. The number of fused-ring (bicyclic) bond motifs is 1. The van der Waals surface area contributed by atoms with Gasteiger partial charge >= 0.3 is 5.97 Å². The number of rotatable bonds is 5. The Hall–Kier alpha value is -3.83. The summed E-state index contributed by atoms with van der Waals surface area (Å²) in [5, 5.41) is 9.63. The standard InChI is InChI=1S/C24H16BrFN2O4/c25-15-3-1-14(2-4-15)23-19-10-9-18(11-21(19)32-24(28)20(23)12-27)31-22(29)13-30-17-7-5-16(26)6-8-17/h1-11,23H,13,28H2. The molecule has 0 aliphatic carbocycles. The Bertz CT molecular complexity index is 1230. The summed E-state index contributed by atoms with van der Waals surface area (Å²) >= 11 is 3.41. The predicted molar refractivity (Wildman–Crippen MR) is 117 cm³/mol. The van der Waals surface area contributed by atoms with Crippen molar-refractivity contribution in [3.05, 3.63) is 99.6 Å². The van der Waals surface area contributed by atoms with E-state index in [0.717, 1.165) is 15.6 Å². The van der Waals surface area contributed by atoms with Crippen LogP contribution in [0.1, 0.15) is 17.0 Å². The molecule has 1 heterocycles. The lowest BCUT2D eigenvalue weighted by molar-refractivity contribution is -0.136. The van der Waals surface area contributed by atoms with E-state index in [2.05, 4.69) is 22.0 Å². The Balaban J connectivity index is 1.53. The molecule has 2 N–H and O–H groups in total. The highest BCUT2D eigenvalue weighted by atomic mass is 79.9. The maximum Gasteiger partial charge on any atom is 0.349 e. The molecule has 0 fully saturated rings. The number of benzene rings is 3. The number of carbonyl (C=O) groups excluding carboxylic acids is 1. The molecular weight excluding hydrogens is 479 g/mol. The number of halogens is 2. The molecule has 160 valence electrons. The zero-order chi connectivity index (χ0) is 22.7. The molecule has 0 aromatic heterocycles. The first-order valence-electron chi connectivity index (χ1n) is 9.50. The summed E-state index contributed by atoms with van der Waals surface area (Å²) in [6.45, 7) is -0.355. The topological polar surface area (TPSA) is 94.6 Å². The van der Waals surface area contributed by atoms with Gasteiger partial charge in [-0.15, -0.1) is 0 Å². The number of nitriles is 1. The van der Waals surface area contributed by atoms with Crippen LogP contribution in [-0.2, 0) is 4.79 Å². The summed E-state index contributed by atoms with van der Waals surface area (Å²) in [6.07, 6.45) is 0. The molecular formula is C24H16BrFN2O4. The fourth-order valence-corrected chi connectivity index (χ4v) is 3.60. The van der Waals surface area contributed by atoms with E-state index in [4.69, 9.17) is 19.9 Å². The maximum atomic E-state index is 12.9. The third-order valence-corrected chi connectivity index (χ3v) is 5.32. The van der Waals surface area contributed by atoms with Crippen molar-refractivity contribution >= 4 is 21.9 Å². The molecule has 0 radical (unpaired) electrons. The summed E-state index contributed by atoms with van der Waals surface area (Å²) in [4.78, 5) is 12.2. The summed E-state index contributed by atoms with van der Waals surface area (Å²) in [7, 11) is 0. The molecule has 6 nitrogen and oxygen atoms in total. The van der Waals surface area contributed by atoms with E-state index in [0.29, 0.717) is 17.1 Å². The first-order chi connectivity index (χ1) is 15.4. The van der Waals surface area contributed by atoms with E-state index < -0.39 is 17.7 Å². The van der Waals surface area contributed by atoms with Crippen LogP contribution >= 0.6 is 15.9 Å². The van der Waals surface area contributed by atoms with Crippen LogP contribution in [0.3, 0.4) is 0 Å². The minimum absolute atomic E-state index is 0.00367. The minimum Gasteiger partial charge on any atom is -0.482 e. The van der Waals surface area contributed by atoms with Gasteiger partial charge in [-0.05, 0) is 48.0 Å². The quantitative estimate of drug-likeness (QED) is 0.404. The van der Waals surface area contributed by atoms with Crippen molar-refractivity contribution in [2.75, 3.05) is 6.61 Å². The highest BCUT2D eigenvalue weighted by Gasteiger charge is 2.31. The SMILES string of the molecule is N#CC1=C(N)Oc2cc(OC(=O)COc3ccc(F)cc3)ccc2C1c1ccc(Br)cc1. The van der Waals surface area contributed by atoms with Crippen molar-refractivity contribution in [2.24, 2.45) is 5.73 Å². The van der Waals surface area contributed by atoms with Gasteiger partial charge in [0.15, 0.2) is 6.61 Å². The molecule has 32 heavy (non-hydrogen) atoms. The molecule has 3 aromatic rings. The second-order valence-electron chi connectivity index (χ2n) is 6.89. The van der Waals surface area contributed by atoms with Gasteiger partial charge in [0.05, 0.1) is 5.92 Å². The molecule has 1 atom stereocenters. The van der Waals surface area contributed by atoms with Crippen molar-refractivity contribution in [3.63, 3.8) is 0 Å². The van der Waals surface area contributed by atoms with Crippen LogP contribution < -0.4 is 19.9 Å². The molecule has 0 saturated carbocycles. The van der Waals surface area contributed by atoms with Crippen LogP contribution in [0.2, 0.25) is 0 Å². The average molecular weight is 495 g/mol. The average Bonchev–Trinajstić information content (AvgIpc) is 2.78. The molecule has 0 saturated heterocycles. The van der Waals surface area contributed by atoms with Gasteiger partial charge in [0.25, 0.3) is 0 Å². The minimum atomic E-state index is -0.643. The fourth-order valence-electron chi connectivity index (χ4n) is 3.33. The van der Waals surface area contributed by atoms with Crippen LogP contribution in [0, 0.1) is 17.1 Å². The molecule has 0 bridgehead atoms. The van der Waals surface area contributed by atoms with Gasteiger partial charge in [0.2, 0.25) is 5.88 Å². The third-order valence-electron chi connectivity index (χ3n) is 4.80. The molecule has 1 aliphatic rings. The number of esters is 1. The Labute approximate surface area is 191 Å². The van der Waals surface area contributed by atoms with Crippen LogP contribution in [0.15, 0.2) is 82.7 Å². The van der Waals surface area contributed by atoms with E-state index in [-0.39, 0.29) is 18.2 Å². The normalized spacial score (nSPS) is 14.7. The summed E-state index contributed by atoms with van der Waals surface area (Å²) in [6, 6.07) is 19.9. The molecule has 4 rings (SSSR count). The fraction of sp³-hybridized carbons (Fsp3) is 0.0833. The van der Waals surface area contributed by atoms with Gasteiger partial charge in [-0.25, -0.2) is 9.18 Å². The van der Waals surface area contributed by atoms with Crippen molar-refractivity contribution in [1.29, 1.82) is 5.26 Å². The number of carbonyl (C=O) groups is 1. The first-order valence-corrected chi connectivity index (χ1v) is 10.3. The van der Waals surface area contributed by atoms with Crippen molar-refractivity contribution < 1.29 is 23.4 Å². The predicted octanol–water partition coefficient (Wildman–Crippen LogP) is 4.79. The van der Waals surface area contributed by atoms with Crippen molar-refractivity contribution in [3.8, 4) is 23.3 Å². The lowest BCUT2D eigenvalue weighted by Crippen LogP contribution is -2.21. The van der Waals surface area contributed by atoms with Gasteiger partial charge in [-0.3, -0.25) is 0 Å². The first kappa shape index (κ1) is 21.4. The summed E-state index contributed by atoms with van der Waals surface area (Å²) in [5.74, 6) is -0.492. The van der Waals surface area contributed by atoms with Crippen LogP contribution in [0.5, 0.6) is 17.2 Å². The Kier molecular flexibility index (Phi) is 6.10. The molecule has 0 spiro atoms. The van der Waals surface area contributed by atoms with E-state index in [1.54, 1.807) is 12.1 Å². The highest BCUT2D eigenvalue weighted by Crippen LogP contribution is 2.43. The van der Waals surface area contributed by atoms with Gasteiger partial charge in [-0.1, -0.05) is 34.1 Å². The lowest BCUT2D eigenvalue weighted by atomic mass is 9.83. The largest absolute Gasteiger partial charge is 0.482 e. The van der Waals surface area contributed by atoms with Gasteiger partial charge in [-0.2, -0.15) is 5.26 Å². The van der Waals surface area contributed by atoms with Crippen LogP contribution in [-0.4, -0.2) is 12.6 Å². The Morgan fingerprint density at radius 1 is 1.09 bits per heavy atom. The summed E-state index contributed by atoms with van der Waals surface area (Å²) < 4.78 is 30.1. The molecule has 1 aliphatic heterocycles. The van der Waals surface area contributed by atoms with Crippen molar-refractivity contribution in [1.82, 2.24) is 0 Å². The zero-order valence-electron chi connectivity index (χ0n) is 16.5. The van der Waals surface area contributed by atoms with E-state index in [1.807, 2.05) is 24.3 Å².